The lowest BCUT2D eigenvalue weighted by atomic mass is 10.0. The molecule has 122 valence electrons. The second kappa shape index (κ2) is 6.74. The second-order valence-corrected chi connectivity index (χ2v) is 6.95. The van der Waals surface area contributed by atoms with Gasteiger partial charge in [-0.25, -0.2) is 0 Å². The molecule has 0 radical (unpaired) electrons. The van der Waals surface area contributed by atoms with Crippen LogP contribution >= 0.6 is 11.8 Å². The summed E-state index contributed by atoms with van der Waals surface area (Å²) in [5.41, 5.74) is 2.39. The molecule has 1 unspecified atom stereocenters. The summed E-state index contributed by atoms with van der Waals surface area (Å²) in [6, 6.07) is 7.93. The van der Waals surface area contributed by atoms with E-state index in [-0.39, 0.29) is 28.8 Å². The summed E-state index contributed by atoms with van der Waals surface area (Å²) < 4.78 is 0. The molecule has 0 aliphatic carbocycles. The van der Waals surface area contributed by atoms with Gasteiger partial charge in [0.05, 0.1) is 11.8 Å². The number of hydrogen-bond donors (Lipinski definition) is 0. The molecular weight excluding hydrogens is 312 g/mol. The minimum Gasteiger partial charge on any atom is -0.341 e. The van der Waals surface area contributed by atoms with E-state index >= 15 is 0 Å². The number of hydrogen-bond acceptors (Lipinski definition) is 4. The molecule has 2 saturated heterocycles. The number of imide groups is 1. The van der Waals surface area contributed by atoms with E-state index in [4.69, 9.17) is 0 Å². The zero-order valence-electron chi connectivity index (χ0n) is 13.2. The van der Waals surface area contributed by atoms with Gasteiger partial charge in [0.15, 0.2) is 0 Å². The van der Waals surface area contributed by atoms with Crippen molar-refractivity contribution in [3.8, 4) is 0 Å². The molecule has 3 rings (SSSR count). The van der Waals surface area contributed by atoms with E-state index in [1.165, 1.54) is 16.0 Å². The fourth-order valence-electron chi connectivity index (χ4n) is 3.19. The van der Waals surface area contributed by atoms with Crippen molar-refractivity contribution in [3.05, 3.63) is 35.4 Å². The molecule has 23 heavy (non-hydrogen) atoms. The quantitative estimate of drug-likeness (QED) is 0.848. The van der Waals surface area contributed by atoms with Crippen molar-refractivity contribution in [2.24, 2.45) is 0 Å². The van der Waals surface area contributed by atoms with Crippen LogP contribution in [-0.4, -0.2) is 51.7 Å². The van der Waals surface area contributed by atoms with Crippen molar-refractivity contribution in [1.29, 1.82) is 0 Å². The molecule has 1 aromatic carbocycles. The Balaban J connectivity index is 1.54. The van der Waals surface area contributed by atoms with Crippen LogP contribution in [0.1, 0.15) is 24.0 Å². The maximum absolute atomic E-state index is 12.4. The van der Waals surface area contributed by atoms with Crippen LogP contribution in [0.5, 0.6) is 0 Å². The van der Waals surface area contributed by atoms with Crippen LogP contribution in [0.3, 0.4) is 0 Å². The Morgan fingerprint density at radius 1 is 1.30 bits per heavy atom. The number of carbonyl (C=O) groups excluding carboxylic acids is 3. The Kier molecular flexibility index (Phi) is 4.71. The van der Waals surface area contributed by atoms with Gasteiger partial charge < -0.3 is 4.90 Å². The number of thioether (sulfide) groups is 1. The van der Waals surface area contributed by atoms with Gasteiger partial charge in [-0.05, 0) is 30.9 Å². The number of likely N-dealkylation sites (tertiary alicyclic amines) is 1. The summed E-state index contributed by atoms with van der Waals surface area (Å²) in [6.07, 6.45) is 1.88. The van der Waals surface area contributed by atoms with Crippen LogP contribution in [0.15, 0.2) is 24.3 Å². The van der Waals surface area contributed by atoms with E-state index in [0.29, 0.717) is 25.9 Å². The fourth-order valence-corrected chi connectivity index (χ4v) is 3.96. The Labute approximate surface area is 140 Å². The fraction of sp³-hybridized carbons (Fsp3) is 0.471. The smallest absolute Gasteiger partial charge is 0.289 e. The Bertz CT molecular complexity index is 630. The third-order valence-electron chi connectivity index (χ3n) is 4.54. The normalized spacial score (nSPS) is 21.3. The first-order valence-corrected chi connectivity index (χ1v) is 8.86. The lowest BCUT2D eigenvalue weighted by molar-refractivity contribution is -0.131. The number of benzene rings is 1. The monoisotopic (exact) mass is 332 g/mol. The first kappa shape index (κ1) is 16.1. The molecule has 0 N–H and O–H groups in total. The van der Waals surface area contributed by atoms with E-state index < -0.39 is 0 Å². The van der Waals surface area contributed by atoms with E-state index in [1.54, 1.807) is 4.90 Å². The first-order chi connectivity index (χ1) is 11.1. The van der Waals surface area contributed by atoms with Crippen LogP contribution in [0.4, 0.5) is 4.79 Å². The largest absolute Gasteiger partial charge is 0.341 e. The Morgan fingerprint density at radius 2 is 2.09 bits per heavy atom. The predicted molar refractivity (Wildman–Crippen MR) is 89.2 cm³/mol. The zero-order valence-corrected chi connectivity index (χ0v) is 14.0. The Morgan fingerprint density at radius 3 is 2.78 bits per heavy atom. The minimum atomic E-state index is -0.172. The molecule has 2 aliphatic rings. The van der Waals surface area contributed by atoms with Crippen molar-refractivity contribution in [2.45, 2.75) is 32.2 Å². The minimum absolute atomic E-state index is 0.0995. The molecule has 2 heterocycles. The van der Waals surface area contributed by atoms with Crippen LogP contribution in [0.2, 0.25) is 0 Å². The van der Waals surface area contributed by atoms with Gasteiger partial charge in [0, 0.05) is 19.5 Å². The summed E-state index contributed by atoms with van der Waals surface area (Å²) in [7, 11) is 0. The lowest BCUT2D eigenvalue weighted by Gasteiger charge is -2.22. The van der Waals surface area contributed by atoms with Gasteiger partial charge in [-0.1, -0.05) is 36.0 Å². The van der Waals surface area contributed by atoms with Crippen LogP contribution in [0.25, 0.3) is 0 Å². The summed E-state index contributed by atoms with van der Waals surface area (Å²) in [4.78, 5) is 39.1. The highest BCUT2D eigenvalue weighted by molar-refractivity contribution is 8.14. The van der Waals surface area contributed by atoms with Gasteiger partial charge in [0.1, 0.15) is 0 Å². The number of rotatable bonds is 4. The Hall–Kier alpha value is -1.82. The van der Waals surface area contributed by atoms with E-state index in [1.807, 2.05) is 31.2 Å². The second-order valence-electron chi connectivity index (χ2n) is 6.03. The highest BCUT2D eigenvalue weighted by Crippen LogP contribution is 2.26. The maximum Gasteiger partial charge on any atom is 0.289 e. The third-order valence-corrected chi connectivity index (χ3v) is 5.37. The topological polar surface area (TPSA) is 57.7 Å². The predicted octanol–water partition coefficient (Wildman–Crippen LogP) is 2.22. The molecule has 5 nitrogen and oxygen atoms in total. The molecule has 0 aromatic heterocycles. The number of amides is 3. The van der Waals surface area contributed by atoms with Crippen LogP contribution in [-0.2, 0) is 16.0 Å². The third kappa shape index (κ3) is 3.42. The number of nitrogens with zero attached hydrogens (tertiary/aromatic N) is 2. The summed E-state index contributed by atoms with van der Waals surface area (Å²) >= 11 is 1.05. The lowest BCUT2D eigenvalue weighted by Crippen LogP contribution is -2.41. The molecule has 1 aromatic rings. The molecule has 0 saturated carbocycles. The van der Waals surface area contributed by atoms with Crippen molar-refractivity contribution >= 4 is 28.8 Å². The van der Waals surface area contributed by atoms with Crippen LogP contribution in [0, 0.1) is 6.92 Å². The molecule has 0 bridgehead atoms. The highest BCUT2D eigenvalue weighted by Gasteiger charge is 2.39. The summed E-state index contributed by atoms with van der Waals surface area (Å²) in [5.74, 6) is 0.207. The molecular formula is C17H20N2O3S. The van der Waals surface area contributed by atoms with Crippen LogP contribution < -0.4 is 0 Å². The molecule has 6 heteroatoms. The van der Waals surface area contributed by atoms with Crippen molar-refractivity contribution in [3.63, 3.8) is 0 Å². The summed E-state index contributed by atoms with van der Waals surface area (Å²) in [6.45, 7) is 3.15. The molecule has 2 aliphatic heterocycles. The van der Waals surface area contributed by atoms with Gasteiger partial charge in [-0.15, -0.1) is 0 Å². The van der Waals surface area contributed by atoms with Gasteiger partial charge in [-0.3, -0.25) is 19.3 Å². The van der Waals surface area contributed by atoms with E-state index in [9.17, 15) is 14.4 Å². The summed E-state index contributed by atoms with van der Waals surface area (Å²) in [5, 5.41) is -0.172. The zero-order chi connectivity index (χ0) is 16.4. The molecule has 2 fully saturated rings. The van der Waals surface area contributed by atoms with Crippen molar-refractivity contribution in [1.82, 2.24) is 9.80 Å². The van der Waals surface area contributed by atoms with Crippen molar-refractivity contribution < 1.29 is 14.4 Å². The molecule has 3 amide bonds. The highest BCUT2D eigenvalue weighted by atomic mass is 32.2. The first-order valence-electron chi connectivity index (χ1n) is 7.87. The maximum atomic E-state index is 12.4. The molecule has 1 atom stereocenters. The number of carbonyl (C=O) groups is 3. The average molecular weight is 332 g/mol. The van der Waals surface area contributed by atoms with E-state index in [2.05, 4.69) is 0 Å². The van der Waals surface area contributed by atoms with Gasteiger partial charge in [0.2, 0.25) is 11.8 Å². The molecule has 0 spiro atoms. The van der Waals surface area contributed by atoms with Crippen molar-refractivity contribution in [2.75, 3.05) is 18.8 Å². The number of aryl methyl sites for hydroxylation is 2. The standard InChI is InChI=1S/C17H20N2O3S/c1-12-4-2-3-5-13(12)6-7-15(20)18-9-8-14(10-18)19-16(21)11-23-17(19)22/h2-5,14H,6-11H2,1H3. The SMILES string of the molecule is Cc1ccccc1CCC(=O)N1CCC(N2C(=O)CSC2=O)C1. The van der Waals surface area contributed by atoms with Gasteiger partial charge >= 0.3 is 0 Å². The van der Waals surface area contributed by atoms with Gasteiger partial charge in [0.25, 0.3) is 5.24 Å². The van der Waals surface area contributed by atoms with E-state index in [0.717, 1.165) is 18.2 Å². The average Bonchev–Trinajstić information content (AvgIpc) is 3.13. The van der Waals surface area contributed by atoms with Gasteiger partial charge in [-0.2, -0.15) is 0 Å².